The van der Waals surface area contributed by atoms with Gasteiger partial charge in [-0.3, -0.25) is 9.89 Å². The number of aromatic nitrogens is 2. The Bertz CT molecular complexity index is 927. The van der Waals surface area contributed by atoms with E-state index in [-0.39, 0.29) is 11.3 Å². The Kier molecular flexibility index (Phi) is 4.65. The molecule has 0 unspecified atom stereocenters. The summed E-state index contributed by atoms with van der Waals surface area (Å²) in [6, 6.07) is 8.15. The van der Waals surface area contributed by atoms with E-state index in [2.05, 4.69) is 21.2 Å². The lowest BCUT2D eigenvalue weighted by Crippen LogP contribution is -2.48. The van der Waals surface area contributed by atoms with Crippen molar-refractivity contribution < 1.29 is 18.3 Å². The molecule has 1 aliphatic carbocycles. The van der Waals surface area contributed by atoms with Crippen LogP contribution in [0.5, 0.6) is 0 Å². The largest absolute Gasteiger partial charge is 0.481 e. The van der Waals surface area contributed by atoms with Crippen molar-refractivity contribution in [2.75, 3.05) is 31.1 Å². The fourth-order valence-electron chi connectivity index (χ4n) is 3.35. The Balaban J connectivity index is 1.40. The third-order valence-corrected chi connectivity index (χ3v) is 6.99. The molecule has 1 aliphatic heterocycles. The van der Waals surface area contributed by atoms with Crippen molar-refractivity contribution in [3.63, 3.8) is 0 Å². The summed E-state index contributed by atoms with van der Waals surface area (Å²) < 4.78 is 27.1. The molecule has 4 rings (SSSR count). The van der Waals surface area contributed by atoms with E-state index in [0.717, 1.165) is 5.82 Å². The minimum Gasteiger partial charge on any atom is -0.481 e. The van der Waals surface area contributed by atoms with Crippen LogP contribution >= 0.6 is 0 Å². The van der Waals surface area contributed by atoms with Crippen molar-refractivity contribution in [2.45, 2.75) is 30.1 Å². The zero-order valence-corrected chi connectivity index (χ0v) is 15.7. The highest BCUT2D eigenvalue weighted by molar-refractivity contribution is 7.89. The first-order valence-corrected chi connectivity index (χ1v) is 10.5. The van der Waals surface area contributed by atoms with Gasteiger partial charge in [-0.25, -0.2) is 8.42 Å². The van der Waals surface area contributed by atoms with Gasteiger partial charge in [0.15, 0.2) is 5.82 Å². The van der Waals surface area contributed by atoms with E-state index in [9.17, 15) is 13.2 Å². The summed E-state index contributed by atoms with van der Waals surface area (Å²) in [5.41, 5.74) is 1.75. The molecule has 2 N–H and O–H groups in total. The Morgan fingerprint density at radius 3 is 2.41 bits per heavy atom. The number of carboxylic acids is 1. The molecule has 0 amide bonds. The highest BCUT2D eigenvalue weighted by Crippen LogP contribution is 2.39. The number of carboxylic acid groups (broad SMARTS) is 1. The first kappa shape index (κ1) is 18.0. The first-order chi connectivity index (χ1) is 12.9. The number of hydrogen-bond acceptors (Lipinski definition) is 5. The lowest BCUT2D eigenvalue weighted by molar-refractivity contribution is -0.136. The molecule has 9 heteroatoms. The third-order valence-electron chi connectivity index (χ3n) is 5.08. The fraction of sp³-hybridized carbons (Fsp3) is 0.444. The molecule has 8 nitrogen and oxygen atoms in total. The van der Waals surface area contributed by atoms with Gasteiger partial charge in [0.05, 0.1) is 11.3 Å². The maximum atomic E-state index is 12.8. The average Bonchev–Trinajstić information content (AvgIpc) is 3.39. The number of aromatic amines is 1. The summed E-state index contributed by atoms with van der Waals surface area (Å²) in [6.45, 7) is 1.96. The van der Waals surface area contributed by atoms with E-state index in [1.54, 1.807) is 12.1 Å². The highest BCUT2D eigenvalue weighted by Gasteiger charge is 2.30. The van der Waals surface area contributed by atoms with Crippen LogP contribution in [0.4, 0.5) is 5.82 Å². The zero-order valence-electron chi connectivity index (χ0n) is 14.8. The van der Waals surface area contributed by atoms with Crippen molar-refractivity contribution >= 4 is 21.8 Å². The maximum absolute atomic E-state index is 12.8. The fourth-order valence-corrected chi connectivity index (χ4v) is 4.77. The Morgan fingerprint density at radius 2 is 1.81 bits per heavy atom. The van der Waals surface area contributed by atoms with E-state index < -0.39 is 16.0 Å². The van der Waals surface area contributed by atoms with E-state index in [0.29, 0.717) is 37.7 Å². The van der Waals surface area contributed by atoms with Crippen LogP contribution < -0.4 is 4.90 Å². The van der Waals surface area contributed by atoms with E-state index in [1.807, 2.05) is 0 Å². The van der Waals surface area contributed by atoms with E-state index in [4.69, 9.17) is 5.11 Å². The van der Waals surface area contributed by atoms with Crippen molar-refractivity contribution in [2.24, 2.45) is 0 Å². The predicted molar refractivity (Wildman–Crippen MR) is 99.3 cm³/mol. The number of nitrogens with one attached hydrogen (secondary N) is 1. The molecule has 27 heavy (non-hydrogen) atoms. The normalized spacial score (nSPS) is 18.6. The molecule has 144 valence electrons. The van der Waals surface area contributed by atoms with E-state index in [1.165, 1.54) is 35.0 Å². The van der Waals surface area contributed by atoms with Crippen LogP contribution in [0.3, 0.4) is 0 Å². The van der Waals surface area contributed by atoms with Crippen LogP contribution in [0.2, 0.25) is 0 Å². The van der Waals surface area contributed by atoms with Gasteiger partial charge in [0.2, 0.25) is 10.0 Å². The van der Waals surface area contributed by atoms with Crippen molar-refractivity contribution in [3.8, 4) is 0 Å². The molecule has 2 fully saturated rings. The summed E-state index contributed by atoms with van der Waals surface area (Å²) in [7, 11) is -3.58. The lowest BCUT2D eigenvalue weighted by Gasteiger charge is -2.34. The number of aliphatic carboxylic acids is 1. The second-order valence-electron chi connectivity index (χ2n) is 7.06. The Labute approximate surface area is 157 Å². The van der Waals surface area contributed by atoms with Crippen LogP contribution in [-0.2, 0) is 21.2 Å². The minimum absolute atomic E-state index is 0.120. The standard InChI is InChI=1S/C18H22N4O4S/c23-18(24)11-13-1-5-15(6-2-13)27(25,26)22-9-7-21(8-10-22)17-12-16(19-20-17)14-3-4-14/h1-2,5-6,12,14H,3-4,7-11H2,(H,19,20)(H,23,24). The minimum atomic E-state index is -3.58. The van der Waals surface area contributed by atoms with Gasteiger partial charge in [-0.05, 0) is 30.5 Å². The number of anilines is 1. The van der Waals surface area contributed by atoms with Crippen LogP contribution in [-0.4, -0.2) is 60.2 Å². The summed E-state index contributed by atoms with van der Waals surface area (Å²) >= 11 is 0. The molecule has 1 aromatic heterocycles. The van der Waals surface area contributed by atoms with Crippen molar-refractivity contribution in [3.05, 3.63) is 41.6 Å². The number of sulfonamides is 1. The van der Waals surface area contributed by atoms with Crippen LogP contribution in [0, 0.1) is 0 Å². The van der Waals surface area contributed by atoms with Gasteiger partial charge in [0.25, 0.3) is 0 Å². The topological polar surface area (TPSA) is 107 Å². The molecule has 1 saturated carbocycles. The Hall–Kier alpha value is -2.39. The molecule has 0 bridgehead atoms. The summed E-state index contributed by atoms with van der Waals surface area (Å²) in [6.07, 6.45) is 2.29. The number of nitrogens with zero attached hydrogens (tertiary/aromatic N) is 3. The van der Waals surface area contributed by atoms with Gasteiger partial charge < -0.3 is 10.0 Å². The molecule has 1 saturated heterocycles. The first-order valence-electron chi connectivity index (χ1n) is 9.04. The lowest BCUT2D eigenvalue weighted by atomic mass is 10.2. The van der Waals surface area contributed by atoms with Gasteiger partial charge in [-0.15, -0.1) is 0 Å². The molecule has 0 spiro atoms. The van der Waals surface area contributed by atoms with Crippen molar-refractivity contribution in [1.29, 1.82) is 0 Å². The quantitative estimate of drug-likeness (QED) is 0.773. The van der Waals surface area contributed by atoms with Gasteiger partial charge in [0, 0.05) is 43.9 Å². The molecule has 2 aliphatic rings. The molecule has 2 heterocycles. The second-order valence-corrected chi connectivity index (χ2v) is 9.00. The maximum Gasteiger partial charge on any atom is 0.307 e. The number of H-pyrrole nitrogens is 1. The summed E-state index contributed by atoms with van der Waals surface area (Å²) in [4.78, 5) is 13.0. The molecule has 1 aromatic carbocycles. The number of carbonyl (C=O) groups is 1. The number of rotatable bonds is 6. The SMILES string of the molecule is O=C(O)Cc1ccc(S(=O)(=O)N2CCN(c3cc(C4CC4)[nH]n3)CC2)cc1. The molecular weight excluding hydrogens is 368 g/mol. The van der Waals surface area contributed by atoms with Crippen molar-refractivity contribution in [1.82, 2.24) is 14.5 Å². The van der Waals surface area contributed by atoms with Crippen LogP contribution in [0.15, 0.2) is 35.2 Å². The zero-order chi connectivity index (χ0) is 19.0. The second kappa shape index (κ2) is 6.97. The summed E-state index contributed by atoms with van der Waals surface area (Å²) in [5.74, 6) is 0.550. The average molecular weight is 390 g/mol. The van der Waals surface area contributed by atoms with Gasteiger partial charge in [0.1, 0.15) is 0 Å². The monoisotopic (exact) mass is 390 g/mol. The third kappa shape index (κ3) is 3.84. The Morgan fingerprint density at radius 1 is 1.15 bits per heavy atom. The number of hydrogen-bond donors (Lipinski definition) is 2. The molecular formula is C18H22N4O4S. The van der Waals surface area contributed by atoms with Crippen LogP contribution in [0.1, 0.15) is 30.0 Å². The van der Waals surface area contributed by atoms with Gasteiger partial charge in [-0.2, -0.15) is 9.40 Å². The van der Waals surface area contributed by atoms with E-state index >= 15 is 0 Å². The molecule has 0 radical (unpaired) electrons. The number of piperazine rings is 1. The molecule has 0 atom stereocenters. The van der Waals surface area contributed by atoms with Gasteiger partial charge in [-0.1, -0.05) is 12.1 Å². The van der Waals surface area contributed by atoms with Gasteiger partial charge >= 0.3 is 5.97 Å². The highest BCUT2D eigenvalue weighted by atomic mass is 32.2. The van der Waals surface area contributed by atoms with Crippen LogP contribution in [0.25, 0.3) is 0 Å². The number of benzene rings is 1. The molecule has 2 aromatic rings. The summed E-state index contributed by atoms with van der Waals surface area (Å²) in [5, 5.41) is 16.3. The smallest absolute Gasteiger partial charge is 0.307 e. The predicted octanol–water partition coefficient (Wildman–Crippen LogP) is 1.43.